The standard InChI is InChI=1S/C13H18BrNO2/c1-8(2)7-15-12-10(13(16)17-4)5-9(3)6-11(12)14/h5-6,8,15H,7H2,1-4H3. The Morgan fingerprint density at radius 2 is 2.12 bits per heavy atom. The molecule has 0 aliphatic rings. The monoisotopic (exact) mass is 299 g/mol. The predicted molar refractivity (Wildman–Crippen MR) is 73.5 cm³/mol. The maximum Gasteiger partial charge on any atom is 0.340 e. The minimum atomic E-state index is -0.319. The smallest absolute Gasteiger partial charge is 0.340 e. The van der Waals surface area contributed by atoms with Crippen LogP contribution in [0.1, 0.15) is 29.8 Å². The fraction of sp³-hybridized carbons (Fsp3) is 0.462. The molecular weight excluding hydrogens is 282 g/mol. The van der Waals surface area contributed by atoms with E-state index in [1.807, 2.05) is 19.1 Å². The fourth-order valence-electron chi connectivity index (χ4n) is 1.50. The zero-order valence-electron chi connectivity index (χ0n) is 10.6. The number of ether oxygens (including phenoxy) is 1. The molecule has 0 saturated carbocycles. The zero-order chi connectivity index (χ0) is 13.0. The third-order valence-electron chi connectivity index (χ3n) is 2.33. The normalized spacial score (nSPS) is 10.5. The van der Waals surface area contributed by atoms with Crippen molar-refractivity contribution < 1.29 is 9.53 Å². The summed E-state index contributed by atoms with van der Waals surface area (Å²) in [6, 6.07) is 3.81. The van der Waals surface area contributed by atoms with Crippen LogP contribution in [0.25, 0.3) is 0 Å². The van der Waals surface area contributed by atoms with Gasteiger partial charge in [0.25, 0.3) is 0 Å². The summed E-state index contributed by atoms with van der Waals surface area (Å²) in [6.45, 7) is 6.99. The predicted octanol–water partition coefficient (Wildman–Crippen LogP) is 3.61. The Morgan fingerprint density at radius 1 is 1.47 bits per heavy atom. The number of nitrogens with one attached hydrogen (secondary N) is 1. The number of methoxy groups -OCH3 is 1. The first kappa shape index (κ1) is 14.0. The Hall–Kier alpha value is -1.03. The zero-order valence-corrected chi connectivity index (χ0v) is 12.2. The molecule has 1 rings (SSSR count). The van der Waals surface area contributed by atoms with E-state index in [0.29, 0.717) is 11.5 Å². The molecule has 0 saturated heterocycles. The second-order valence-corrected chi connectivity index (χ2v) is 5.29. The molecule has 0 fully saturated rings. The molecule has 0 atom stereocenters. The van der Waals surface area contributed by atoms with E-state index in [2.05, 4.69) is 35.1 Å². The van der Waals surface area contributed by atoms with Crippen LogP contribution in [-0.4, -0.2) is 19.6 Å². The van der Waals surface area contributed by atoms with Crippen LogP contribution in [0.4, 0.5) is 5.69 Å². The van der Waals surface area contributed by atoms with Crippen molar-refractivity contribution in [2.75, 3.05) is 19.0 Å². The summed E-state index contributed by atoms with van der Waals surface area (Å²) < 4.78 is 5.68. The van der Waals surface area contributed by atoms with Gasteiger partial charge in [0.15, 0.2) is 0 Å². The molecule has 0 aliphatic heterocycles. The Kier molecular flexibility index (Phi) is 5.00. The molecule has 0 amide bonds. The third-order valence-corrected chi connectivity index (χ3v) is 2.95. The van der Waals surface area contributed by atoms with E-state index in [-0.39, 0.29) is 5.97 Å². The van der Waals surface area contributed by atoms with Crippen LogP contribution in [0.3, 0.4) is 0 Å². The number of halogens is 1. The van der Waals surface area contributed by atoms with Crippen molar-refractivity contribution in [3.8, 4) is 0 Å². The molecule has 0 radical (unpaired) electrons. The molecule has 0 aliphatic carbocycles. The van der Waals surface area contributed by atoms with Gasteiger partial charge < -0.3 is 10.1 Å². The molecule has 4 heteroatoms. The van der Waals surface area contributed by atoms with Gasteiger partial charge in [0.05, 0.1) is 18.4 Å². The number of aryl methyl sites for hydroxylation is 1. The van der Waals surface area contributed by atoms with Crippen molar-refractivity contribution in [3.05, 3.63) is 27.7 Å². The fourth-order valence-corrected chi connectivity index (χ4v) is 2.21. The van der Waals surface area contributed by atoms with Gasteiger partial charge in [-0.05, 0) is 46.5 Å². The average Bonchev–Trinajstić information content (AvgIpc) is 2.25. The molecule has 0 spiro atoms. The SMILES string of the molecule is COC(=O)c1cc(C)cc(Br)c1NCC(C)C. The average molecular weight is 300 g/mol. The highest BCUT2D eigenvalue weighted by molar-refractivity contribution is 9.10. The highest BCUT2D eigenvalue weighted by Crippen LogP contribution is 2.29. The summed E-state index contributed by atoms with van der Waals surface area (Å²) in [5.74, 6) is 0.189. The topological polar surface area (TPSA) is 38.3 Å². The number of hydrogen-bond donors (Lipinski definition) is 1. The summed E-state index contributed by atoms with van der Waals surface area (Å²) in [5, 5.41) is 3.28. The second-order valence-electron chi connectivity index (χ2n) is 4.44. The molecule has 0 bridgehead atoms. The lowest BCUT2D eigenvalue weighted by Gasteiger charge is -2.15. The number of carbonyl (C=O) groups excluding carboxylic acids is 1. The maximum absolute atomic E-state index is 11.7. The Morgan fingerprint density at radius 3 is 2.65 bits per heavy atom. The van der Waals surface area contributed by atoms with Crippen molar-refractivity contribution in [1.82, 2.24) is 0 Å². The Labute approximate surface area is 111 Å². The highest BCUT2D eigenvalue weighted by Gasteiger charge is 2.15. The van der Waals surface area contributed by atoms with E-state index in [1.54, 1.807) is 0 Å². The summed E-state index contributed by atoms with van der Waals surface area (Å²) in [5.41, 5.74) is 2.39. The summed E-state index contributed by atoms with van der Waals surface area (Å²) in [7, 11) is 1.39. The van der Waals surface area contributed by atoms with Crippen LogP contribution >= 0.6 is 15.9 Å². The van der Waals surface area contributed by atoms with Crippen molar-refractivity contribution in [2.45, 2.75) is 20.8 Å². The van der Waals surface area contributed by atoms with Crippen LogP contribution in [-0.2, 0) is 4.74 Å². The molecule has 1 aromatic carbocycles. The van der Waals surface area contributed by atoms with Gasteiger partial charge in [-0.1, -0.05) is 13.8 Å². The van der Waals surface area contributed by atoms with Gasteiger partial charge in [-0.25, -0.2) is 4.79 Å². The van der Waals surface area contributed by atoms with E-state index >= 15 is 0 Å². The molecule has 1 N–H and O–H groups in total. The number of rotatable bonds is 4. The van der Waals surface area contributed by atoms with E-state index in [9.17, 15) is 4.79 Å². The summed E-state index contributed by atoms with van der Waals surface area (Å²) in [4.78, 5) is 11.7. The van der Waals surface area contributed by atoms with Crippen LogP contribution < -0.4 is 5.32 Å². The van der Waals surface area contributed by atoms with Gasteiger partial charge in [-0.3, -0.25) is 0 Å². The molecule has 1 aromatic rings. The van der Waals surface area contributed by atoms with Gasteiger partial charge in [-0.2, -0.15) is 0 Å². The highest BCUT2D eigenvalue weighted by atomic mass is 79.9. The van der Waals surface area contributed by atoms with E-state index in [0.717, 1.165) is 22.3 Å². The van der Waals surface area contributed by atoms with E-state index < -0.39 is 0 Å². The second kappa shape index (κ2) is 6.05. The minimum Gasteiger partial charge on any atom is -0.465 e. The summed E-state index contributed by atoms with van der Waals surface area (Å²) in [6.07, 6.45) is 0. The number of carbonyl (C=O) groups is 1. The van der Waals surface area contributed by atoms with Crippen LogP contribution in [0.15, 0.2) is 16.6 Å². The number of esters is 1. The molecule has 3 nitrogen and oxygen atoms in total. The summed E-state index contributed by atoms with van der Waals surface area (Å²) >= 11 is 3.48. The van der Waals surface area contributed by atoms with Gasteiger partial charge in [0.2, 0.25) is 0 Å². The minimum absolute atomic E-state index is 0.319. The van der Waals surface area contributed by atoms with Crippen molar-refractivity contribution >= 4 is 27.6 Å². The first-order valence-electron chi connectivity index (χ1n) is 5.58. The van der Waals surface area contributed by atoms with E-state index in [4.69, 9.17) is 4.74 Å². The molecule has 0 heterocycles. The number of anilines is 1. The largest absolute Gasteiger partial charge is 0.465 e. The van der Waals surface area contributed by atoms with Crippen molar-refractivity contribution in [2.24, 2.45) is 5.92 Å². The molecule has 0 aromatic heterocycles. The third kappa shape index (κ3) is 3.73. The molecule has 0 unspecified atom stereocenters. The quantitative estimate of drug-likeness (QED) is 0.863. The van der Waals surface area contributed by atoms with Gasteiger partial charge >= 0.3 is 5.97 Å². The van der Waals surface area contributed by atoms with Crippen molar-refractivity contribution in [3.63, 3.8) is 0 Å². The lowest BCUT2D eigenvalue weighted by molar-refractivity contribution is 0.0601. The van der Waals surface area contributed by atoms with Crippen LogP contribution in [0, 0.1) is 12.8 Å². The lowest BCUT2D eigenvalue weighted by atomic mass is 10.1. The van der Waals surface area contributed by atoms with Crippen LogP contribution in [0.2, 0.25) is 0 Å². The van der Waals surface area contributed by atoms with E-state index in [1.165, 1.54) is 7.11 Å². The lowest BCUT2D eigenvalue weighted by Crippen LogP contribution is -2.13. The molecule has 17 heavy (non-hydrogen) atoms. The van der Waals surface area contributed by atoms with Crippen LogP contribution in [0.5, 0.6) is 0 Å². The van der Waals surface area contributed by atoms with Gasteiger partial charge in [0, 0.05) is 11.0 Å². The molecule has 94 valence electrons. The Balaban J connectivity index is 3.11. The first-order valence-corrected chi connectivity index (χ1v) is 6.37. The van der Waals surface area contributed by atoms with Crippen molar-refractivity contribution in [1.29, 1.82) is 0 Å². The Bertz CT molecular complexity index is 416. The number of benzene rings is 1. The molecular formula is C13H18BrNO2. The maximum atomic E-state index is 11.7. The van der Waals surface area contributed by atoms with Gasteiger partial charge in [0.1, 0.15) is 0 Å². The number of hydrogen-bond acceptors (Lipinski definition) is 3. The first-order chi connectivity index (χ1) is 7.95. The van der Waals surface area contributed by atoms with Gasteiger partial charge in [-0.15, -0.1) is 0 Å².